The molecule has 3 rings (SSSR count). The van der Waals surface area contributed by atoms with Gasteiger partial charge in [0, 0.05) is 18.3 Å². The van der Waals surface area contributed by atoms with E-state index in [0.717, 1.165) is 12.1 Å². The number of nitrogens with zero attached hydrogens (tertiary/aromatic N) is 3. The lowest BCUT2D eigenvalue weighted by Crippen LogP contribution is -2.22. The quantitative estimate of drug-likeness (QED) is 0.734. The third-order valence-corrected chi connectivity index (χ3v) is 3.70. The van der Waals surface area contributed by atoms with Gasteiger partial charge in [0.05, 0.1) is 17.6 Å². The fourth-order valence-corrected chi connectivity index (χ4v) is 2.69. The molecule has 0 saturated heterocycles. The van der Waals surface area contributed by atoms with Crippen LogP contribution in [0.25, 0.3) is 5.70 Å². The minimum absolute atomic E-state index is 0.194. The SMILES string of the molecule is C=C1c2c(cc(Cl)nc2Cl)N=CN1Cc1ccc(F)c(F)c1. The second kappa shape index (κ2) is 5.66. The molecule has 2 heterocycles. The van der Waals surface area contributed by atoms with E-state index in [-0.39, 0.29) is 16.9 Å². The van der Waals surface area contributed by atoms with Gasteiger partial charge in [-0.15, -0.1) is 0 Å². The lowest BCUT2D eigenvalue weighted by atomic mass is 10.1. The van der Waals surface area contributed by atoms with E-state index in [0.29, 0.717) is 22.5 Å². The Labute approximate surface area is 135 Å². The zero-order valence-electron chi connectivity index (χ0n) is 11.2. The summed E-state index contributed by atoms with van der Waals surface area (Å²) >= 11 is 11.9. The van der Waals surface area contributed by atoms with Crippen LogP contribution in [0.1, 0.15) is 11.1 Å². The molecule has 0 aliphatic carbocycles. The maximum Gasteiger partial charge on any atom is 0.159 e. The Balaban J connectivity index is 1.92. The van der Waals surface area contributed by atoms with E-state index in [2.05, 4.69) is 16.6 Å². The number of halogens is 4. The maximum absolute atomic E-state index is 13.3. The number of fused-ring (bicyclic) bond motifs is 1. The van der Waals surface area contributed by atoms with Gasteiger partial charge in [-0.3, -0.25) is 0 Å². The van der Waals surface area contributed by atoms with Crippen molar-refractivity contribution in [3.63, 3.8) is 0 Å². The smallest absolute Gasteiger partial charge is 0.159 e. The van der Waals surface area contributed by atoms with Crippen LogP contribution in [0.15, 0.2) is 35.8 Å². The summed E-state index contributed by atoms with van der Waals surface area (Å²) in [4.78, 5) is 9.89. The van der Waals surface area contributed by atoms with Crippen molar-refractivity contribution >= 4 is 40.9 Å². The fraction of sp³-hybridized carbons (Fsp3) is 0.0667. The van der Waals surface area contributed by atoms with Gasteiger partial charge in [0.25, 0.3) is 0 Å². The lowest BCUT2D eigenvalue weighted by Gasteiger charge is -2.27. The molecule has 1 aliphatic heterocycles. The molecule has 1 aromatic carbocycles. The third kappa shape index (κ3) is 2.69. The number of aliphatic imine (C=N–C) groups is 1. The fourth-order valence-electron chi connectivity index (χ4n) is 2.16. The molecule has 0 amide bonds. The van der Waals surface area contributed by atoms with Gasteiger partial charge in [0.15, 0.2) is 11.6 Å². The Kier molecular flexibility index (Phi) is 3.85. The lowest BCUT2D eigenvalue weighted by molar-refractivity contribution is 0.503. The first-order valence-corrected chi connectivity index (χ1v) is 7.01. The monoisotopic (exact) mass is 339 g/mol. The van der Waals surface area contributed by atoms with Gasteiger partial charge < -0.3 is 4.90 Å². The summed E-state index contributed by atoms with van der Waals surface area (Å²) in [6.45, 7) is 4.24. The van der Waals surface area contributed by atoms with Crippen molar-refractivity contribution in [2.45, 2.75) is 6.54 Å². The van der Waals surface area contributed by atoms with Gasteiger partial charge >= 0.3 is 0 Å². The van der Waals surface area contributed by atoms with E-state index in [9.17, 15) is 8.78 Å². The van der Waals surface area contributed by atoms with Crippen LogP contribution in [0.3, 0.4) is 0 Å². The second-order valence-electron chi connectivity index (χ2n) is 4.70. The van der Waals surface area contributed by atoms with Crippen molar-refractivity contribution in [1.82, 2.24) is 9.88 Å². The Bertz CT molecular complexity index is 806. The molecule has 0 fully saturated rings. The van der Waals surface area contributed by atoms with Crippen LogP contribution in [0.5, 0.6) is 0 Å². The van der Waals surface area contributed by atoms with Crippen molar-refractivity contribution in [3.8, 4) is 0 Å². The average Bonchev–Trinajstić information content (AvgIpc) is 2.45. The van der Waals surface area contributed by atoms with Crippen LogP contribution in [-0.4, -0.2) is 16.2 Å². The first-order chi connectivity index (χ1) is 10.5. The molecule has 0 N–H and O–H groups in total. The number of hydrogen-bond donors (Lipinski definition) is 0. The molecule has 1 aliphatic rings. The molecule has 3 nitrogen and oxygen atoms in total. The predicted molar refractivity (Wildman–Crippen MR) is 83.3 cm³/mol. The minimum atomic E-state index is -0.899. The summed E-state index contributed by atoms with van der Waals surface area (Å²) in [6.07, 6.45) is 1.54. The summed E-state index contributed by atoms with van der Waals surface area (Å²) in [5, 5.41) is 0.433. The average molecular weight is 340 g/mol. The van der Waals surface area contributed by atoms with Gasteiger partial charge in [0.1, 0.15) is 10.3 Å². The van der Waals surface area contributed by atoms with Crippen molar-refractivity contribution in [2.24, 2.45) is 4.99 Å². The number of aromatic nitrogens is 1. The Morgan fingerprint density at radius 3 is 2.64 bits per heavy atom. The number of hydrogen-bond acceptors (Lipinski definition) is 3. The van der Waals surface area contributed by atoms with E-state index in [4.69, 9.17) is 23.2 Å². The highest BCUT2D eigenvalue weighted by Crippen LogP contribution is 2.37. The van der Waals surface area contributed by atoms with Gasteiger partial charge in [0.2, 0.25) is 0 Å². The first-order valence-electron chi connectivity index (χ1n) is 6.26. The molecule has 7 heteroatoms. The molecule has 0 atom stereocenters. The summed E-state index contributed by atoms with van der Waals surface area (Å²) in [5.74, 6) is -1.79. The van der Waals surface area contributed by atoms with Crippen molar-refractivity contribution in [3.05, 3.63) is 63.9 Å². The molecule has 22 heavy (non-hydrogen) atoms. The Morgan fingerprint density at radius 1 is 1.14 bits per heavy atom. The standard InChI is InChI=1S/C15H9Cl2F2N3/c1-8-14-12(5-13(16)21-15(14)17)20-7-22(8)6-9-2-3-10(18)11(19)4-9/h2-5,7H,1,6H2. The van der Waals surface area contributed by atoms with Crippen molar-refractivity contribution < 1.29 is 8.78 Å². The van der Waals surface area contributed by atoms with Crippen LogP contribution >= 0.6 is 23.2 Å². The number of benzene rings is 1. The third-order valence-electron chi connectivity index (χ3n) is 3.23. The van der Waals surface area contributed by atoms with Crippen LogP contribution < -0.4 is 0 Å². The highest BCUT2D eigenvalue weighted by molar-refractivity contribution is 6.34. The largest absolute Gasteiger partial charge is 0.328 e. The highest BCUT2D eigenvalue weighted by atomic mass is 35.5. The molecule has 112 valence electrons. The summed E-state index contributed by atoms with van der Waals surface area (Å²) in [6, 6.07) is 5.29. The Morgan fingerprint density at radius 2 is 1.91 bits per heavy atom. The number of rotatable bonds is 2. The second-order valence-corrected chi connectivity index (χ2v) is 5.44. The summed E-state index contributed by atoms with van der Waals surface area (Å²) in [7, 11) is 0. The van der Waals surface area contributed by atoms with Crippen LogP contribution in [0.4, 0.5) is 14.5 Å². The zero-order chi connectivity index (χ0) is 15.9. The van der Waals surface area contributed by atoms with Gasteiger partial charge in [-0.1, -0.05) is 35.8 Å². The van der Waals surface area contributed by atoms with Gasteiger partial charge in [-0.25, -0.2) is 18.8 Å². The molecule has 0 spiro atoms. The normalized spacial score (nSPS) is 13.5. The molecule has 2 aromatic rings. The maximum atomic E-state index is 13.3. The van der Waals surface area contributed by atoms with Gasteiger partial charge in [-0.2, -0.15) is 0 Å². The van der Waals surface area contributed by atoms with E-state index >= 15 is 0 Å². The topological polar surface area (TPSA) is 28.5 Å². The highest BCUT2D eigenvalue weighted by Gasteiger charge is 2.21. The molecule has 0 radical (unpaired) electrons. The van der Waals surface area contributed by atoms with Crippen LogP contribution in [0, 0.1) is 11.6 Å². The summed E-state index contributed by atoms with van der Waals surface area (Å²) < 4.78 is 26.3. The summed E-state index contributed by atoms with van der Waals surface area (Å²) in [5.41, 5.74) is 2.27. The molecule has 0 unspecified atom stereocenters. The van der Waals surface area contributed by atoms with Gasteiger partial charge in [-0.05, 0) is 17.7 Å². The molecule has 0 saturated carbocycles. The molecular weight excluding hydrogens is 331 g/mol. The van der Waals surface area contributed by atoms with Crippen molar-refractivity contribution in [1.29, 1.82) is 0 Å². The van der Waals surface area contributed by atoms with E-state index in [1.807, 2.05) is 0 Å². The molecule has 1 aromatic heterocycles. The predicted octanol–water partition coefficient (Wildman–Crippen LogP) is 4.81. The minimum Gasteiger partial charge on any atom is -0.328 e. The molecular formula is C15H9Cl2F2N3. The van der Waals surface area contributed by atoms with Crippen LogP contribution in [0.2, 0.25) is 10.3 Å². The van der Waals surface area contributed by atoms with E-state index in [1.165, 1.54) is 6.07 Å². The first kappa shape index (κ1) is 14.9. The number of pyridine rings is 1. The van der Waals surface area contributed by atoms with E-state index in [1.54, 1.807) is 17.3 Å². The molecule has 0 bridgehead atoms. The Hall–Kier alpha value is -1.98. The van der Waals surface area contributed by atoms with E-state index < -0.39 is 11.6 Å². The van der Waals surface area contributed by atoms with Crippen molar-refractivity contribution in [2.75, 3.05) is 0 Å². The zero-order valence-corrected chi connectivity index (χ0v) is 12.7. The van der Waals surface area contributed by atoms with Crippen LogP contribution in [-0.2, 0) is 6.54 Å².